The number of carbonyl (C=O) groups excluding carboxylic acids is 1. The molecule has 1 aromatic carbocycles. The Morgan fingerprint density at radius 3 is 2.36 bits per heavy atom. The van der Waals surface area contributed by atoms with Gasteiger partial charge in [-0.2, -0.15) is 13.2 Å². The lowest BCUT2D eigenvalue weighted by molar-refractivity contribution is -0.137. The summed E-state index contributed by atoms with van der Waals surface area (Å²) in [6, 6.07) is 2.93. The first-order valence-electron chi connectivity index (χ1n) is 3.70. The molecule has 0 saturated carbocycles. The molecule has 1 rings (SSSR count). The van der Waals surface area contributed by atoms with Crippen molar-refractivity contribution in [3.8, 4) is 0 Å². The molecular weight excluding hydrogens is 217 g/mol. The minimum absolute atomic E-state index is 0.114. The fourth-order valence-corrected chi connectivity index (χ4v) is 1.23. The Hall–Kier alpha value is -1.03. The van der Waals surface area contributed by atoms with E-state index in [9.17, 15) is 18.0 Å². The first kappa shape index (κ1) is 11.0. The lowest BCUT2D eigenvalue weighted by Gasteiger charge is -2.10. The lowest BCUT2D eigenvalue weighted by atomic mass is 10.0. The maximum absolute atomic E-state index is 12.3. The van der Waals surface area contributed by atoms with Gasteiger partial charge in [0.05, 0.1) is 5.56 Å². The third kappa shape index (κ3) is 2.26. The van der Waals surface area contributed by atoms with Crippen molar-refractivity contribution in [1.29, 1.82) is 0 Å². The molecule has 0 bridgehead atoms. The van der Waals surface area contributed by atoms with Gasteiger partial charge in [0.1, 0.15) is 0 Å². The highest BCUT2D eigenvalue weighted by molar-refractivity contribution is 6.31. The molecule has 0 amide bonds. The monoisotopic (exact) mass is 222 g/mol. The van der Waals surface area contributed by atoms with Crippen molar-refractivity contribution in [2.75, 3.05) is 0 Å². The Labute approximate surface area is 83.5 Å². The summed E-state index contributed by atoms with van der Waals surface area (Å²) in [6.45, 7) is 1.07. The number of rotatable bonds is 1. The van der Waals surface area contributed by atoms with Crippen molar-refractivity contribution < 1.29 is 18.0 Å². The first-order chi connectivity index (χ1) is 6.32. The molecule has 1 nitrogen and oxygen atoms in total. The Morgan fingerprint density at radius 1 is 1.36 bits per heavy atom. The van der Waals surface area contributed by atoms with E-state index in [2.05, 4.69) is 0 Å². The molecule has 5 heteroatoms. The second-order valence-electron chi connectivity index (χ2n) is 2.74. The van der Waals surface area contributed by atoms with E-state index in [1.807, 2.05) is 0 Å². The molecule has 76 valence electrons. The number of benzene rings is 1. The van der Waals surface area contributed by atoms with Crippen LogP contribution in [0.4, 0.5) is 13.2 Å². The van der Waals surface area contributed by atoms with Crippen LogP contribution in [0, 0.1) is 0 Å². The normalized spacial score (nSPS) is 11.5. The van der Waals surface area contributed by atoms with Crippen molar-refractivity contribution >= 4 is 17.4 Å². The number of hydrogen-bond acceptors (Lipinski definition) is 1. The van der Waals surface area contributed by atoms with Gasteiger partial charge < -0.3 is 0 Å². The Balaban J connectivity index is 3.37. The Bertz CT molecular complexity index is 371. The van der Waals surface area contributed by atoms with Gasteiger partial charge >= 0.3 is 6.18 Å². The summed E-state index contributed by atoms with van der Waals surface area (Å²) >= 11 is 5.49. The van der Waals surface area contributed by atoms with Gasteiger partial charge in [0.15, 0.2) is 5.78 Å². The summed E-state index contributed by atoms with van der Waals surface area (Å²) in [5.74, 6) is -0.653. The largest absolute Gasteiger partial charge is 0.417 e. The molecule has 0 N–H and O–H groups in total. The molecular formula is C9H6ClF3O. The average molecular weight is 223 g/mol. The predicted molar refractivity (Wildman–Crippen MR) is 46.5 cm³/mol. The zero-order chi connectivity index (χ0) is 10.9. The van der Waals surface area contributed by atoms with Crippen molar-refractivity contribution in [3.05, 3.63) is 34.3 Å². The fourth-order valence-electron chi connectivity index (χ4n) is 1.05. The van der Waals surface area contributed by atoms with Crippen LogP contribution in [0.2, 0.25) is 5.02 Å². The van der Waals surface area contributed by atoms with E-state index in [1.165, 1.54) is 0 Å². The topological polar surface area (TPSA) is 17.1 Å². The van der Waals surface area contributed by atoms with Gasteiger partial charge in [0.25, 0.3) is 0 Å². The third-order valence-electron chi connectivity index (χ3n) is 1.67. The maximum Gasteiger partial charge on any atom is 0.417 e. The van der Waals surface area contributed by atoms with Crippen molar-refractivity contribution in [1.82, 2.24) is 0 Å². The minimum atomic E-state index is -4.52. The quantitative estimate of drug-likeness (QED) is 0.664. The Kier molecular flexibility index (Phi) is 2.85. The first-order valence-corrected chi connectivity index (χ1v) is 4.08. The summed E-state index contributed by atoms with van der Waals surface area (Å²) in [7, 11) is 0. The van der Waals surface area contributed by atoms with Crippen LogP contribution in [0.3, 0.4) is 0 Å². The third-order valence-corrected chi connectivity index (χ3v) is 1.90. The molecule has 0 saturated heterocycles. The van der Waals surface area contributed by atoms with E-state index in [1.54, 1.807) is 0 Å². The summed E-state index contributed by atoms with van der Waals surface area (Å²) in [4.78, 5) is 10.9. The lowest BCUT2D eigenvalue weighted by Crippen LogP contribution is -2.11. The van der Waals surface area contributed by atoms with Crippen LogP contribution in [0.25, 0.3) is 0 Å². The second kappa shape index (κ2) is 3.61. The molecule has 1 aromatic rings. The molecule has 0 fully saturated rings. The highest BCUT2D eigenvalue weighted by atomic mass is 35.5. The highest BCUT2D eigenvalue weighted by Gasteiger charge is 2.34. The fraction of sp³-hybridized carbons (Fsp3) is 0.222. The molecule has 0 aliphatic carbocycles. The summed E-state index contributed by atoms with van der Waals surface area (Å²) < 4.78 is 37.0. The number of alkyl halides is 3. The smallest absolute Gasteiger partial charge is 0.294 e. The average Bonchev–Trinajstić information content (AvgIpc) is 2.01. The molecule has 0 spiro atoms. The standard InChI is InChI=1S/C9H6ClF3O/c1-5(14)7-4-6(10)2-3-8(7)9(11,12)13/h2-4H,1H3. The van der Waals surface area contributed by atoms with Crippen LogP contribution in [-0.4, -0.2) is 5.78 Å². The van der Waals surface area contributed by atoms with E-state index in [0.717, 1.165) is 25.1 Å². The van der Waals surface area contributed by atoms with Gasteiger partial charge in [-0.15, -0.1) is 0 Å². The van der Waals surface area contributed by atoms with E-state index < -0.39 is 23.1 Å². The van der Waals surface area contributed by atoms with Crippen molar-refractivity contribution in [2.24, 2.45) is 0 Å². The maximum atomic E-state index is 12.3. The van der Waals surface area contributed by atoms with Crippen LogP contribution >= 0.6 is 11.6 Å². The minimum Gasteiger partial charge on any atom is -0.294 e. The molecule has 0 aromatic heterocycles. The van der Waals surface area contributed by atoms with Crippen LogP contribution in [0.15, 0.2) is 18.2 Å². The van der Waals surface area contributed by atoms with Gasteiger partial charge in [-0.1, -0.05) is 11.6 Å². The number of Topliss-reactive ketones (excluding diaryl/α,β-unsaturated/α-hetero) is 1. The van der Waals surface area contributed by atoms with E-state index >= 15 is 0 Å². The molecule has 14 heavy (non-hydrogen) atoms. The summed E-state index contributed by atoms with van der Waals surface area (Å²) in [5.41, 5.74) is -1.35. The van der Waals surface area contributed by atoms with E-state index in [0.29, 0.717) is 0 Å². The van der Waals surface area contributed by atoms with Crippen LogP contribution in [0.1, 0.15) is 22.8 Å². The van der Waals surface area contributed by atoms with Crippen molar-refractivity contribution in [2.45, 2.75) is 13.1 Å². The number of ketones is 1. The molecule has 0 atom stereocenters. The molecule has 0 aliphatic rings. The molecule has 0 aliphatic heterocycles. The predicted octanol–water partition coefficient (Wildman–Crippen LogP) is 3.56. The van der Waals surface area contributed by atoms with E-state index in [-0.39, 0.29) is 5.02 Å². The van der Waals surface area contributed by atoms with Crippen LogP contribution in [0.5, 0.6) is 0 Å². The van der Waals surface area contributed by atoms with Gasteiger partial charge in [-0.05, 0) is 25.1 Å². The number of hydrogen-bond donors (Lipinski definition) is 0. The molecule has 0 unspecified atom stereocenters. The highest BCUT2D eigenvalue weighted by Crippen LogP contribution is 2.33. The van der Waals surface area contributed by atoms with Gasteiger partial charge in [0, 0.05) is 10.6 Å². The second-order valence-corrected chi connectivity index (χ2v) is 3.18. The van der Waals surface area contributed by atoms with Gasteiger partial charge in [-0.3, -0.25) is 4.79 Å². The summed E-state index contributed by atoms with van der Waals surface area (Å²) in [6.07, 6.45) is -4.52. The van der Waals surface area contributed by atoms with Crippen LogP contribution in [-0.2, 0) is 6.18 Å². The van der Waals surface area contributed by atoms with Gasteiger partial charge in [0.2, 0.25) is 0 Å². The van der Waals surface area contributed by atoms with Gasteiger partial charge in [-0.25, -0.2) is 0 Å². The zero-order valence-corrected chi connectivity index (χ0v) is 7.91. The zero-order valence-electron chi connectivity index (χ0n) is 7.15. The SMILES string of the molecule is CC(=O)c1cc(Cl)ccc1C(F)(F)F. The number of halogens is 4. The van der Waals surface area contributed by atoms with Crippen LogP contribution < -0.4 is 0 Å². The van der Waals surface area contributed by atoms with E-state index in [4.69, 9.17) is 11.6 Å². The molecule has 0 heterocycles. The molecule has 0 radical (unpaired) electrons. The number of carbonyl (C=O) groups is 1. The van der Waals surface area contributed by atoms with Crippen molar-refractivity contribution in [3.63, 3.8) is 0 Å². The summed E-state index contributed by atoms with van der Waals surface area (Å²) in [5, 5.41) is 0.114. The Morgan fingerprint density at radius 2 is 1.93 bits per heavy atom.